The van der Waals surface area contributed by atoms with Crippen LogP contribution in [-0.2, 0) is 6.54 Å². The molecule has 2 aliphatic rings. The van der Waals surface area contributed by atoms with Crippen LogP contribution in [-0.4, -0.2) is 21.9 Å². The Morgan fingerprint density at radius 1 is 0.862 bits per heavy atom. The summed E-state index contributed by atoms with van der Waals surface area (Å²) in [4.78, 5) is 0. The van der Waals surface area contributed by atoms with E-state index in [-0.39, 0.29) is 0 Å². The summed E-state index contributed by atoms with van der Waals surface area (Å²) in [6, 6.07) is 25.0. The lowest BCUT2D eigenvalue weighted by Gasteiger charge is -2.15. The fourth-order valence-electron chi connectivity index (χ4n) is 3.81. The molecular weight excluding hydrogens is 358 g/mol. The number of aromatic nitrogens is 3. The minimum Gasteiger partial charge on any atom is -0.497 e. The Morgan fingerprint density at radius 3 is 2.48 bits per heavy atom. The first-order valence-electron chi connectivity index (χ1n) is 9.67. The summed E-state index contributed by atoms with van der Waals surface area (Å²) in [6.45, 7) is 2.83. The average Bonchev–Trinajstić information content (AvgIpc) is 3.19. The normalized spacial score (nSPS) is 11.2. The van der Waals surface area contributed by atoms with Crippen molar-refractivity contribution in [2.75, 3.05) is 7.11 Å². The van der Waals surface area contributed by atoms with Crippen LogP contribution in [0, 0.1) is 6.92 Å². The summed E-state index contributed by atoms with van der Waals surface area (Å²) in [5.74, 6) is 0.866. The van der Waals surface area contributed by atoms with Crippen molar-refractivity contribution in [1.82, 2.24) is 14.8 Å². The number of aryl methyl sites for hydroxylation is 1. The zero-order chi connectivity index (χ0) is 19.8. The van der Waals surface area contributed by atoms with Gasteiger partial charge in [0.25, 0.3) is 0 Å². The SMILES string of the molecule is COc1cccc(Cn2cc3c(-c4ccc(C)cc4)nnc-3c3ccccc32)c1. The molecule has 0 aliphatic carbocycles. The number of benzene rings is 3. The smallest absolute Gasteiger partial charge is 0.119 e. The van der Waals surface area contributed by atoms with E-state index in [0.717, 1.165) is 45.7 Å². The van der Waals surface area contributed by atoms with Crippen molar-refractivity contribution in [1.29, 1.82) is 0 Å². The fraction of sp³-hybridized carbons (Fsp3) is 0.120. The maximum absolute atomic E-state index is 5.40. The third-order valence-electron chi connectivity index (χ3n) is 5.33. The lowest BCUT2D eigenvalue weighted by molar-refractivity contribution is 0.414. The second-order valence-corrected chi connectivity index (χ2v) is 7.30. The van der Waals surface area contributed by atoms with Crippen LogP contribution >= 0.6 is 0 Å². The van der Waals surface area contributed by atoms with Gasteiger partial charge >= 0.3 is 0 Å². The number of methoxy groups -OCH3 is 1. The standard InChI is InChI=1S/C25H21N3O/c1-17-10-12-19(13-11-17)24-22-16-28(15-18-6-5-7-20(14-18)29-2)23-9-4-3-8-21(23)25(22)27-26-24/h3-14,16H,15H2,1-2H3. The van der Waals surface area contributed by atoms with Gasteiger partial charge in [0.1, 0.15) is 17.1 Å². The van der Waals surface area contributed by atoms with Crippen molar-refractivity contribution in [3.05, 3.63) is 90.1 Å². The van der Waals surface area contributed by atoms with Gasteiger partial charge in [0, 0.05) is 29.3 Å². The van der Waals surface area contributed by atoms with Crippen molar-refractivity contribution >= 4 is 10.9 Å². The van der Waals surface area contributed by atoms with Gasteiger partial charge in [-0.2, -0.15) is 0 Å². The highest BCUT2D eigenvalue weighted by atomic mass is 16.5. The first-order chi connectivity index (χ1) is 14.2. The van der Waals surface area contributed by atoms with E-state index in [1.165, 1.54) is 11.1 Å². The molecule has 2 aliphatic heterocycles. The third-order valence-corrected chi connectivity index (χ3v) is 5.33. The van der Waals surface area contributed by atoms with E-state index >= 15 is 0 Å². The van der Waals surface area contributed by atoms with Gasteiger partial charge in [0.15, 0.2) is 0 Å². The predicted octanol–water partition coefficient (Wildman–Crippen LogP) is 5.57. The highest BCUT2D eigenvalue weighted by Gasteiger charge is 2.20. The number of fused-ring (bicyclic) bond motifs is 3. The lowest BCUT2D eigenvalue weighted by atomic mass is 10.0. The second-order valence-electron chi connectivity index (χ2n) is 7.30. The van der Waals surface area contributed by atoms with Crippen molar-refractivity contribution in [2.24, 2.45) is 0 Å². The lowest BCUT2D eigenvalue weighted by Crippen LogP contribution is -2.04. The van der Waals surface area contributed by atoms with E-state index in [4.69, 9.17) is 4.74 Å². The minimum atomic E-state index is 0.742. The Labute approximate surface area is 169 Å². The molecule has 3 aromatic rings. The number of ether oxygens (including phenoxy) is 1. The highest BCUT2D eigenvalue weighted by molar-refractivity contribution is 5.98. The first-order valence-corrected chi connectivity index (χ1v) is 9.67. The van der Waals surface area contributed by atoms with E-state index in [1.54, 1.807) is 7.11 Å². The molecule has 0 saturated carbocycles. The second kappa shape index (κ2) is 7.06. The van der Waals surface area contributed by atoms with Crippen LogP contribution in [0.3, 0.4) is 0 Å². The Bertz CT molecular complexity index is 1270. The molecule has 0 aromatic heterocycles. The molecular formula is C25H21N3O. The zero-order valence-electron chi connectivity index (χ0n) is 16.5. The average molecular weight is 379 g/mol. The van der Waals surface area contributed by atoms with E-state index < -0.39 is 0 Å². The topological polar surface area (TPSA) is 39.9 Å². The van der Waals surface area contributed by atoms with Crippen molar-refractivity contribution in [3.63, 3.8) is 0 Å². The molecule has 5 rings (SSSR count). The predicted molar refractivity (Wildman–Crippen MR) is 116 cm³/mol. The summed E-state index contributed by atoms with van der Waals surface area (Å²) in [5, 5.41) is 10.2. The van der Waals surface area contributed by atoms with Crippen LogP contribution in [0.4, 0.5) is 0 Å². The molecule has 0 radical (unpaired) electrons. The molecule has 0 bridgehead atoms. The Balaban J connectivity index is 1.69. The van der Waals surface area contributed by atoms with Gasteiger partial charge in [-0.3, -0.25) is 0 Å². The van der Waals surface area contributed by atoms with Crippen LogP contribution in [0.15, 0.2) is 79.0 Å². The Kier molecular flexibility index (Phi) is 4.24. The highest BCUT2D eigenvalue weighted by Crippen LogP contribution is 2.36. The van der Waals surface area contributed by atoms with Gasteiger partial charge in [0.2, 0.25) is 0 Å². The molecule has 3 aromatic carbocycles. The van der Waals surface area contributed by atoms with Crippen molar-refractivity contribution < 1.29 is 4.74 Å². The summed E-state index contributed by atoms with van der Waals surface area (Å²) in [5.41, 5.74) is 7.57. The van der Waals surface area contributed by atoms with Gasteiger partial charge in [-0.15, -0.1) is 10.2 Å². The number of hydrogen-bond acceptors (Lipinski definition) is 3. The summed E-state index contributed by atoms with van der Waals surface area (Å²) < 4.78 is 7.67. The molecule has 0 saturated heterocycles. The molecule has 2 heterocycles. The van der Waals surface area contributed by atoms with Gasteiger partial charge < -0.3 is 9.30 Å². The quantitative estimate of drug-likeness (QED) is 0.410. The number of hydrogen-bond donors (Lipinski definition) is 0. The van der Waals surface area contributed by atoms with E-state index in [0.29, 0.717) is 0 Å². The number of para-hydroxylation sites is 1. The van der Waals surface area contributed by atoms with Crippen molar-refractivity contribution in [3.8, 4) is 28.3 Å². The minimum absolute atomic E-state index is 0.742. The molecule has 0 N–H and O–H groups in total. The van der Waals surface area contributed by atoms with Gasteiger partial charge in [-0.25, -0.2) is 0 Å². The fourth-order valence-corrected chi connectivity index (χ4v) is 3.81. The van der Waals surface area contributed by atoms with Crippen LogP contribution in [0.1, 0.15) is 11.1 Å². The van der Waals surface area contributed by atoms with Gasteiger partial charge in [-0.05, 0) is 30.7 Å². The molecule has 29 heavy (non-hydrogen) atoms. The molecule has 142 valence electrons. The number of nitrogens with zero attached hydrogens (tertiary/aromatic N) is 3. The van der Waals surface area contributed by atoms with Crippen LogP contribution in [0.5, 0.6) is 5.75 Å². The monoisotopic (exact) mass is 379 g/mol. The summed E-state index contributed by atoms with van der Waals surface area (Å²) in [7, 11) is 1.70. The molecule has 0 unspecified atom stereocenters. The summed E-state index contributed by atoms with van der Waals surface area (Å²) in [6.07, 6.45) is 2.17. The van der Waals surface area contributed by atoms with E-state index in [1.807, 2.05) is 12.1 Å². The molecule has 0 atom stereocenters. The number of pyridine rings is 1. The maximum Gasteiger partial charge on any atom is 0.119 e. The molecule has 0 spiro atoms. The van der Waals surface area contributed by atoms with Crippen LogP contribution in [0.25, 0.3) is 33.4 Å². The van der Waals surface area contributed by atoms with Crippen LogP contribution < -0.4 is 4.74 Å². The zero-order valence-corrected chi connectivity index (χ0v) is 16.5. The van der Waals surface area contributed by atoms with E-state index in [2.05, 4.69) is 88.5 Å². The Hall–Kier alpha value is -3.66. The van der Waals surface area contributed by atoms with Gasteiger partial charge in [-0.1, -0.05) is 60.2 Å². The molecule has 4 nitrogen and oxygen atoms in total. The van der Waals surface area contributed by atoms with Crippen LogP contribution in [0.2, 0.25) is 0 Å². The molecule has 4 heteroatoms. The van der Waals surface area contributed by atoms with Crippen molar-refractivity contribution in [2.45, 2.75) is 13.5 Å². The third kappa shape index (κ3) is 3.13. The largest absolute Gasteiger partial charge is 0.497 e. The Morgan fingerprint density at radius 2 is 1.66 bits per heavy atom. The van der Waals surface area contributed by atoms with E-state index in [9.17, 15) is 0 Å². The maximum atomic E-state index is 5.40. The number of rotatable bonds is 4. The molecule has 0 fully saturated rings. The summed E-state index contributed by atoms with van der Waals surface area (Å²) >= 11 is 0. The molecule has 0 amide bonds. The van der Waals surface area contributed by atoms with Gasteiger partial charge in [0.05, 0.1) is 12.6 Å². The first kappa shape index (κ1) is 17.4.